The Morgan fingerprint density at radius 3 is 2.33 bits per heavy atom. The molecule has 7 heteroatoms. The summed E-state index contributed by atoms with van der Waals surface area (Å²) in [5.74, 6) is 2.03. The van der Waals surface area contributed by atoms with E-state index in [0.717, 1.165) is 57.0 Å². The number of piperidine rings is 1. The number of aliphatic hydroxyl groups is 1. The van der Waals surface area contributed by atoms with Crippen LogP contribution in [0.3, 0.4) is 0 Å². The molecule has 0 aromatic carbocycles. The highest BCUT2D eigenvalue weighted by Gasteiger charge is 2.38. The molecule has 0 bridgehead atoms. The van der Waals surface area contributed by atoms with Crippen LogP contribution in [0.5, 0.6) is 0 Å². The summed E-state index contributed by atoms with van der Waals surface area (Å²) < 4.78 is 5.41. The van der Waals surface area contributed by atoms with Crippen LogP contribution in [-0.2, 0) is 4.74 Å². The van der Waals surface area contributed by atoms with Gasteiger partial charge >= 0.3 is 0 Å². The number of hydrogen-bond acceptors (Lipinski definition) is 7. The molecule has 3 heterocycles. The van der Waals surface area contributed by atoms with Crippen molar-refractivity contribution in [1.29, 1.82) is 0 Å². The van der Waals surface area contributed by atoms with Gasteiger partial charge in [-0.2, -0.15) is 0 Å². The van der Waals surface area contributed by atoms with Gasteiger partial charge in [-0.1, -0.05) is 0 Å². The predicted octanol–water partition coefficient (Wildman–Crippen LogP) is 1.52. The third kappa shape index (κ3) is 4.52. The van der Waals surface area contributed by atoms with E-state index in [1.807, 2.05) is 19.0 Å². The van der Waals surface area contributed by atoms with Gasteiger partial charge < -0.3 is 24.5 Å². The highest BCUT2D eigenvalue weighted by molar-refractivity contribution is 5.51. The van der Waals surface area contributed by atoms with Gasteiger partial charge in [0.05, 0.1) is 5.60 Å². The second-order valence-electron chi connectivity index (χ2n) is 8.61. The van der Waals surface area contributed by atoms with Crippen molar-refractivity contribution >= 4 is 11.6 Å². The summed E-state index contributed by atoms with van der Waals surface area (Å²) in [6.45, 7) is 4.24. The van der Waals surface area contributed by atoms with Gasteiger partial charge in [0, 0.05) is 77.9 Å². The quantitative estimate of drug-likeness (QED) is 0.809. The first kappa shape index (κ1) is 18.9. The highest BCUT2D eigenvalue weighted by atomic mass is 16.5. The second-order valence-corrected chi connectivity index (χ2v) is 8.61. The van der Waals surface area contributed by atoms with Crippen LogP contribution >= 0.6 is 0 Å². The Kier molecular flexibility index (Phi) is 5.53. The van der Waals surface area contributed by atoms with Crippen LogP contribution in [0.2, 0.25) is 0 Å². The van der Waals surface area contributed by atoms with E-state index in [0.29, 0.717) is 25.3 Å². The fourth-order valence-electron chi connectivity index (χ4n) is 4.43. The molecule has 4 rings (SSSR count). The molecule has 27 heavy (non-hydrogen) atoms. The average Bonchev–Trinajstić information content (AvgIpc) is 3.49. The topological polar surface area (TPSA) is 65.0 Å². The van der Waals surface area contributed by atoms with Crippen molar-refractivity contribution in [3.05, 3.63) is 12.4 Å². The molecule has 0 spiro atoms. The van der Waals surface area contributed by atoms with Crippen molar-refractivity contribution < 1.29 is 9.84 Å². The van der Waals surface area contributed by atoms with E-state index in [9.17, 15) is 5.11 Å². The summed E-state index contributed by atoms with van der Waals surface area (Å²) in [4.78, 5) is 16.0. The molecular weight excluding hydrogens is 342 g/mol. The van der Waals surface area contributed by atoms with Crippen molar-refractivity contribution in [2.75, 3.05) is 56.7 Å². The number of ether oxygens (including phenoxy) is 1. The van der Waals surface area contributed by atoms with Crippen molar-refractivity contribution in [3.8, 4) is 0 Å². The van der Waals surface area contributed by atoms with Gasteiger partial charge in [-0.15, -0.1) is 0 Å². The molecule has 2 saturated heterocycles. The zero-order valence-corrected chi connectivity index (χ0v) is 16.7. The Labute approximate surface area is 162 Å². The van der Waals surface area contributed by atoms with E-state index in [1.165, 1.54) is 12.8 Å². The minimum Gasteiger partial charge on any atom is -0.388 e. The van der Waals surface area contributed by atoms with Crippen molar-refractivity contribution in [2.24, 2.45) is 0 Å². The first-order chi connectivity index (χ1) is 13.0. The predicted molar refractivity (Wildman–Crippen MR) is 106 cm³/mol. The maximum Gasteiger partial charge on any atom is 0.134 e. The lowest BCUT2D eigenvalue weighted by Gasteiger charge is -2.43. The number of β-amino-alcohol motifs (C(OH)–C–C–N with tert-alkyl or cyclic N) is 1. The smallest absolute Gasteiger partial charge is 0.134 e. The number of rotatable bonds is 6. The van der Waals surface area contributed by atoms with E-state index < -0.39 is 5.60 Å². The SMILES string of the molecule is CN(C)c1cc(N(C2CC2)C2CCN(CC3(O)CCOCC3)CC2)ncn1. The maximum absolute atomic E-state index is 10.8. The number of likely N-dealkylation sites (tertiary alicyclic amines) is 1. The van der Waals surface area contributed by atoms with Crippen molar-refractivity contribution in [1.82, 2.24) is 14.9 Å². The largest absolute Gasteiger partial charge is 0.388 e. The molecule has 3 aliphatic rings. The van der Waals surface area contributed by atoms with Gasteiger partial charge in [-0.05, 0) is 25.7 Å². The minimum absolute atomic E-state index is 0.531. The molecule has 0 amide bonds. The summed E-state index contributed by atoms with van der Waals surface area (Å²) in [7, 11) is 4.04. The molecule has 1 aromatic rings. The molecule has 1 N–H and O–H groups in total. The molecular formula is C20H33N5O2. The normalized spacial score (nSPS) is 24.0. The molecule has 2 aliphatic heterocycles. The number of aromatic nitrogens is 2. The molecule has 7 nitrogen and oxygen atoms in total. The Morgan fingerprint density at radius 1 is 1.07 bits per heavy atom. The van der Waals surface area contributed by atoms with Crippen molar-refractivity contribution in [3.63, 3.8) is 0 Å². The molecule has 0 unspecified atom stereocenters. The average molecular weight is 376 g/mol. The van der Waals surface area contributed by atoms with Gasteiger partial charge in [0.25, 0.3) is 0 Å². The van der Waals surface area contributed by atoms with Gasteiger partial charge in [0.15, 0.2) is 0 Å². The van der Waals surface area contributed by atoms with E-state index in [-0.39, 0.29) is 0 Å². The zero-order valence-electron chi connectivity index (χ0n) is 16.7. The standard InChI is InChI=1S/C20H33N5O2/c1-23(2)18-13-19(22-15-21-18)25(16-3-4-16)17-5-9-24(10-6-17)14-20(26)7-11-27-12-8-20/h13,15-17,26H,3-12,14H2,1-2H3. The van der Waals surface area contributed by atoms with Gasteiger partial charge in [0.1, 0.15) is 18.0 Å². The van der Waals surface area contributed by atoms with Crippen LogP contribution in [0.25, 0.3) is 0 Å². The van der Waals surface area contributed by atoms with Crippen LogP contribution in [0.15, 0.2) is 12.4 Å². The minimum atomic E-state index is -0.561. The van der Waals surface area contributed by atoms with Gasteiger partial charge in [0.2, 0.25) is 0 Å². The third-order valence-electron chi connectivity index (χ3n) is 6.19. The Morgan fingerprint density at radius 2 is 1.70 bits per heavy atom. The van der Waals surface area contributed by atoms with Gasteiger partial charge in [-0.25, -0.2) is 9.97 Å². The second kappa shape index (κ2) is 7.89. The first-order valence-electron chi connectivity index (χ1n) is 10.3. The summed E-state index contributed by atoms with van der Waals surface area (Å²) in [6, 6.07) is 3.28. The molecule has 1 saturated carbocycles. The summed E-state index contributed by atoms with van der Waals surface area (Å²) in [6.07, 6.45) is 8.00. The fraction of sp³-hybridized carbons (Fsp3) is 0.800. The van der Waals surface area contributed by atoms with Crippen LogP contribution in [0, 0.1) is 0 Å². The van der Waals surface area contributed by atoms with E-state index in [4.69, 9.17) is 4.74 Å². The number of hydrogen-bond donors (Lipinski definition) is 1. The van der Waals surface area contributed by atoms with Gasteiger partial charge in [-0.3, -0.25) is 0 Å². The Balaban J connectivity index is 1.39. The first-order valence-corrected chi connectivity index (χ1v) is 10.3. The van der Waals surface area contributed by atoms with E-state index in [1.54, 1.807) is 6.33 Å². The monoisotopic (exact) mass is 375 g/mol. The van der Waals surface area contributed by atoms with Crippen LogP contribution in [0.1, 0.15) is 38.5 Å². The third-order valence-corrected chi connectivity index (χ3v) is 6.19. The Hall–Kier alpha value is -1.44. The summed E-state index contributed by atoms with van der Waals surface area (Å²) >= 11 is 0. The lowest BCUT2D eigenvalue weighted by atomic mass is 9.92. The summed E-state index contributed by atoms with van der Waals surface area (Å²) in [5.41, 5.74) is -0.561. The summed E-state index contributed by atoms with van der Waals surface area (Å²) in [5, 5.41) is 10.8. The maximum atomic E-state index is 10.8. The molecule has 3 fully saturated rings. The van der Waals surface area contributed by atoms with Crippen LogP contribution in [-0.4, -0.2) is 84.6 Å². The fourth-order valence-corrected chi connectivity index (χ4v) is 4.43. The molecule has 0 radical (unpaired) electrons. The molecule has 150 valence electrons. The molecule has 1 aliphatic carbocycles. The zero-order chi connectivity index (χ0) is 18.9. The number of nitrogens with zero attached hydrogens (tertiary/aromatic N) is 5. The van der Waals surface area contributed by atoms with Crippen molar-refractivity contribution in [2.45, 2.75) is 56.2 Å². The molecule has 1 aromatic heterocycles. The highest BCUT2D eigenvalue weighted by Crippen LogP contribution is 2.36. The van der Waals surface area contributed by atoms with E-state index in [2.05, 4.69) is 25.8 Å². The molecule has 0 atom stereocenters. The Bertz CT molecular complexity index is 623. The van der Waals surface area contributed by atoms with Crippen LogP contribution in [0.4, 0.5) is 11.6 Å². The number of anilines is 2. The lowest BCUT2D eigenvalue weighted by Crippen LogP contribution is -2.52. The van der Waals surface area contributed by atoms with Crippen LogP contribution < -0.4 is 9.80 Å². The lowest BCUT2D eigenvalue weighted by molar-refractivity contribution is -0.0820. The van der Waals surface area contributed by atoms with E-state index >= 15 is 0 Å².